The highest BCUT2D eigenvalue weighted by atomic mass is 35.5. The predicted octanol–water partition coefficient (Wildman–Crippen LogP) is 3.19. The van der Waals surface area contributed by atoms with Gasteiger partial charge in [0.05, 0.1) is 18.9 Å². The molecule has 1 saturated heterocycles. The summed E-state index contributed by atoms with van der Waals surface area (Å²) in [6, 6.07) is 13.2. The molecule has 1 aliphatic heterocycles. The number of aliphatic imine (C=N–C) groups is 1. The van der Waals surface area contributed by atoms with E-state index in [0.29, 0.717) is 48.1 Å². The number of rotatable bonds is 2. The van der Waals surface area contributed by atoms with Gasteiger partial charge in [0, 0.05) is 29.2 Å². The summed E-state index contributed by atoms with van der Waals surface area (Å²) in [5, 5.41) is 0.532. The second-order valence-corrected chi connectivity index (χ2v) is 6.70. The number of ketones is 2. The molecule has 0 saturated carbocycles. The summed E-state index contributed by atoms with van der Waals surface area (Å²) in [7, 11) is 0. The van der Waals surface area contributed by atoms with Gasteiger partial charge in [-0.25, -0.2) is 4.99 Å². The molecule has 4 rings (SSSR count). The van der Waals surface area contributed by atoms with Gasteiger partial charge in [-0.1, -0.05) is 41.9 Å². The summed E-state index contributed by atoms with van der Waals surface area (Å²) in [6.07, 6.45) is 0. The van der Waals surface area contributed by atoms with Gasteiger partial charge in [0.25, 0.3) is 0 Å². The number of fused-ring (bicyclic) bond motifs is 1. The number of morpholine rings is 1. The molecule has 26 heavy (non-hydrogen) atoms. The van der Waals surface area contributed by atoms with Crippen molar-refractivity contribution in [1.29, 1.82) is 0 Å². The van der Waals surface area contributed by atoms with Crippen molar-refractivity contribution in [2.45, 2.75) is 6.04 Å². The smallest absolute Gasteiger partial charge is 0.210 e. The minimum absolute atomic E-state index is 0.0946. The van der Waals surface area contributed by atoms with Gasteiger partial charge in [-0.2, -0.15) is 0 Å². The second kappa shape index (κ2) is 7.11. The lowest BCUT2D eigenvalue weighted by Crippen LogP contribution is -2.55. The lowest BCUT2D eigenvalue weighted by atomic mass is 9.83. The molecule has 0 amide bonds. The Morgan fingerprint density at radius 1 is 1.00 bits per heavy atom. The fraction of sp³-hybridized carbons (Fsp3) is 0.250. The Hall–Kier alpha value is -2.34. The maximum atomic E-state index is 13.2. The molecular weight excluding hydrogens is 352 g/mol. The summed E-state index contributed by atoms with van der Waals surface area (Å²) in [5.41, 5.74) is 1.67. The molecule has 132 valence electrons. The van der Waals surface area contributed by atoms with Crippen LogP contribution in [-0.4, -0.2) is 54.5 Å². The summed E-state index contributed by atoms with van der Waals surface area (Å²) in [6.45, 7) is 2.23. The van der Waals surface area contributed by atoms with E-state index in [1.165, 1.54) is 0 Å². The van der Waals surface area contributed by atoms with Gasteiger partial charge in [-0.15, -0.1) is 0 Å². The summed E-state index contributed by atoms with van der Waals surface area (Å²) < 4.78 is 5.40. The van der Waals surface area contributed by atoms with E-state index in [1.807, 2.05) is 4.90 Å². The Labute approximate surface area is 156 Å². The molecule has 2 aromatic rings. The van der Waals surface area contributed by atoms with Crippen LogP contribution in [0.4, 0.5) is 5.69 Å². The monoisotopic (exact) mass is 368 g/mol. The van der Waals surface area contributed by atoms with Crippen LogP contribution in [0, 0.1) is 0 Å². The molecular formula is C20H17ClN2O3. The van der Waals surface area contributed by atoms with E-state index in [-0.39, 0.29) is 17.3 Å². The standard InChI is InChI=1S/C20H17ClN2O3/c21-13-4-3-5-14(12-13)22-17-18(23-8-10-26-11-9-23)20(25)16-7-2-1-6-15(16)19(17)24/h1-7,12,18H,8-11H2. The minimum Gasteiger partial charge on any atom is -0.379 e. The molecule has 1 aliphatic carbocycles. The topological polar surface area (TPSA) is 59.0 Å². The number of hydrogen-bond donors (Lipinski definition) is 0. The van der Waals surface area contributed by atoms with Crippen LogP contribution in [0.25, 0.3) is 0 Å². The zero-order valence-electron chi connectivity index (χ0n) is 14.0. The van der Waals surface area contributed by atoms with Crippen LogP contribution in [0.5, 0.6) is 0 Å². The maximum Gasteiger partial charge on any atom is 0.210 e. The molecule has 1 atom stereocenters. The third-order valence-electron chi connectivity index (χ3n) is 4.65. The van der Waals surface area contributed by atoms with Gasteiger partial charge < -0.3 is 4.74 Å². The Kier molecular flexibility index (Phi) is 4.68. The summed E-state index contributed by atoms with van der Waals surface area (Å²) in [4.78, 5) is 32.8. The predicted molar refractivity (Wildman–Crippen MR) is 99.8 cm³/mol. The van der Waals surface area contributed by atoms with Crippen LogP contribution >= 0.6 is 11.6 Å². The number of halogens is 1. The van der Waals surface area contributed by atoms with Crippen LogP contribution in [0.2, 0.25) is 5.02 Å². The number of Topliss-reactive ketones (excluding diaryl/α,β-unsaturated/α-hetero) is 2. The van der Waals surface area contributed by atoms with Gasteiger partial charge in [-0.05, 0) is 18.2 Å². The normalized spacial score (nSPS) is 22.5. The molecule has 5 nitrogen and oxygen atoms in total. The van der Waals surface area contributed by atoms with Crippen molar-refractivity contribution in [1.82, 2.24) is 4.90 Å². The highest BCUT2D eigenvalue weighted by Crippen LogP contribution is 2.27. The third kappa shape index (κ3) is 3.09. The van der Waals surface area contributed by atoms with E-state index >= 15 is 0 Å². The number of carbonyl (C=O) groups is 2. The SMILES string of the molecule is O=C1C(=Nc2cccc(Cl)c2)C(N2CCOCC2)C(=O)c2ccccc21. The molecule has 2 aliphatic rings. The van der Waals surface area contributed by atoms with Crippen LogP contribution in [0.1, 0.15) is 20.7 Å². The van der Waals surface area contributed by atoms with Crippen molar-refractivity contribution >= 4 is 34.6 Å². The van der Waals surface area contributed by atoms with Gasteiger partial charge >= 0.3 is 0 Å². The van der Waals surface area contributed by atoms with E-state index in [2.05, 4.69) is 4.99 Å². The zero-order chi connectivity index (χ0) is 18.1. The van der Waals surface area contributed by atoms with Gasteiger partial charge in [0.15, 0.2) is 5.78 Å². The third-order valence-corrected chi connectivity index (χ3v) is 4.88. The first-order valence-corrected chi connectivity index (χ1v) is 8.87. The molecule has 1 fully saturated rings. The summed E-state index contributed by atoms with van der Waals surface area (Å²) >= 11 is 6.05. The lowest BCUT2D eigenvalue weighted by Gasteiger charge is -2.36. The first-order valence-electron chi connectivity index (χ1n) is 8.49. The van der Waals surface area contributed by atoms with E-state index in [0.717, 1.165) is 0 Å². The number of nitrogens with zero attached hydrogens (tertiary/aromatic N) is 2. The summed E-state index contributed by atoms with van der Waals surface area (Å²) in [5.74, 6) is -0.306. The average molecular weight is 369 g/mol. The molecule has 0 radical (unpaired) electrons. The minimum atomic E-state index is -0.694. The van der Waals surface area contributed by atoms with E-state index < -0.39 is 6.04 Å². The van der Waals surface area contributed by atoms with Gasteiger partial charge in [0.2, 0.25) is 5.78 Å². The van der Waals surface area contributed by atoms with Crippen LogP contribution in [0.3, 0.4) is 0 Å². The number of hydrogen-bond acceptors (Lipinski definition) is 5. The van der Waals surface area contributed by atoms with Crippen molar-refractivity contribution in [3.63, 3.8) is 0 Å². The highest BCUT2D eigenvalue weighted by Gasteiger charge is 2.42. The molecule has 0 spiro atoms. The quantitative estimate of drug-likeness (QED) is 0.816. The molecule has 2 aromatic carbocycles. The second-order valence-electron chi connectivity index (χ2n) is 6.27. The molecule has 1 heterocycles. The van der Waals surface area contributed by atoms with Gasteiger partial charge in [-0.3, -0.25) is 14.5 Å². The number of ether oxygens (including phenoxy) is 1. The number of carbonyl (C=O) groups excluding carboxylic acids is 2. The van der Waals surface area contributed by atoms with Crippen molar-refractivity contribution in [3.05, 3.63) is 64.7 Å². The van der Waals surface area contributed by atoms with Crippen LogP contribution in [-0.2, 0) is 4.74 Å². The van der Waals surface area contributed by atoms with E-state index in [1.54, 1.807) is 48.5 Å². The van der Waals surface area contributed by atoms with Crippen LogP contribution < -0.4 is 0 Å². The number of benzene rings is 2. The average Bonchev–Trinajstić information content (AvgIpc) is 2.67. The molecule has 0 N–H and O–H groups in total. The van der Waals surface area contributed by atoms with Gasteiger partial charge in [0.1, 0.15) is 11.8 Å². The molecule has 1 unspecified atom stereocenters. The first-order chi connectivity index (χ1) is 12.6. The first kappa shape index (κ1) is 17.1. The molecule has 0 aromatic heterocycles. The zero-order valence-corrected chi connectivity index (χ0v) is 14.8. The molecule has 0 bridgehead atoms. The Balaban J connectivity index is 1.84. The van der Waals surface area contributed by atoms with Crippen molar-refractivity contribution in [2.75, 3.05) is 26.3 Å². The van der Waals surface area contributed by atoms with Crippen LogP contribution in [0.15, 0.2) is 53.5 Å². The fourth-order valence-electron chi connectivity index (χ4n) is 3.40. The lowest BCUT2D eigenvalue weighted by molar-refractivity contribution is 0.0278. The Morgan fingerprint density at radius 2 is 1.73 bits per heavy atom. The van der Waals surface area contributed by atoms with Crippen molar-refractivity contribution in [2.24, 2.45) is 4.99 Å². The fourth-order valence-corrected chi connectivity index (χ4v) is 3.59. The van der Waals surface area contributed by atoms with Crippen molar-refractivity contribution < 1.29 is 14.3 Å². The largest absolute Gasteiger partial charge is 0.379 e. The van der Waals surface area contributed by atoms with E-state index in [9.17, 15) is 9.59 Å². The molecule has 6 heteroatoms. The maximum absolute atomic E-state index is 13.2. The Morgan fingerprint density at radius 3 is 2.46 bits per heavy atom. The van der Waals surface area contributed by atoms with E-state index in [4.69, 9.17) is 16.3 Å². The highest BCUT2D eigenvalue weighted by molar-refractivity contribution is 6.55. The Bertz CT molecular complexity index is 903. The van der Waals surface area contributed by atoms with Crippen molar-refractivity contribution in [3.8, 4) is 0 Å².